The number of rotatable bonds is 15. The summed E-state index contributed by atoms with van der Waals surface area (Å²) in [6, 6.07) is -4.15. The van der Waals surface area contributed by atoms with Gasteiger partial charge in [0.25, 0.3) is 0 Å². The van der Waals surface area contributed by atoms with E-state index in [1.54, 1.807) is 27.7 Å². The largest absolute Gasteiger partial charge is 0.480 e. The average Bonchev–Trinajstić information content (AvgIpc) is 2.70. The molecule has 0 aromatic heterocycles. The van der Waals surface area contributed by atoms with Gasteiger partial charge >= 0.3 is 5.97 Å². The van der Waals surface area contributed by atoms with Crippen LogP contribution in [0.1, 0.15) is 67.2 Å². The van der Waals surface area contributed by atoms with Gasteiger partial charge in [-0.3, -0.25) is 19.2 Å². The Bertz CT molecular complexity index is 697. The topological polar surface area (TPSA) is 194 Å². The first-order valence-electron chi connectivity index (χ1n) is 11.4. The van der Waals surface area contributed by atoms with Crippen LogP contribution in [0.15, 0.2) is 0 Å². The Morgan fingerprint density at radius 2 is 1.39 bits per heavy atom. The standard InChI is InChI=1S/C22H41N5O6/c1-7-13(6)18(22(32)33)27-20(30)15(8-9-16(24)28)25-21(31)17(12(4)5)26-19(29)14(23)10-11(2)3/h11-15,17-18H,7-10,23H2,1-6H3,(H2,24,28)(H,25,31)(H,26,29)(H,27,30)(H,32,33). The molecule has 33 heavy (non-hydrogen) atoms. The van der Waals surface area contributed by atoms with E-state index >= 15 is 0 Å². The Kier molecular flexibility index (Phi) is 13.3. The predicted octanol–water partition coefficient (Wildman–Crippen LogP) is -0.134. The van der Waals surface area contributed by atoms with Crippen molar-refractivity contribution in [3.05, 3.63) is 0 Å². The number of aliphatic carboxylic acids is 1. The Hall–Kier alpha value is -2.69. The highest BCUT2D eigenvalue weighted by molar-refractivity contribution is 5.94. The minimum atomic E-state index is -1.21. The van der Waals surface area contributed by atoms with E-state index in [1.165, 1.54) is 0 Å². The Labute approximate surface area is 195 Å². The van der Waals surface area contributed by atoms with E-state index in [0.29, 0.717) is 12.8 Å². The van der Waals surface area contributed by atoms with Crippen molar-refractivity contribution >= 4 is 29.6 Å². The van der Waals surface area contributed by atoms with Crippen LogP contribution < -0.4 is 27.4 Å². The normalized spacial score (nSPS) is 15.8. The van der Waals surface area contributed by atoms with Gasteiger partial charge in [-0.25, -0.2) is 4.79 Å². The van der Waals surface area contributed by atoms with Crippen LogP contribution >= 0.6 is 0 Å². The summed E-state index contributed by atoms with van der Waals surface area (Å²) in [7, 11) is 0. The van der Waals surface area contributed by atoms with Crippen LogP contribution in [-0.4, -0.2) is 58.9 Å². The van der Waals surface area contributed by atoms with Gasteiger partial charge in [-0.2, -0.15) is 0 Å². The lowest BCUT2D eigenvalue weighted by Crippen LogP contribution is -2.59. The number of carboxylic acids is 1. The zero-order chi connectivity index (χ0) is 25.9. The molecule has 8 N–H and O–H groups in total. The Morgan fingerprint density at radius 3 is 1.82 bits per heavy atom. The highest BCUT2D eigenvalue weighted by Gasteiger charge is 2.33. The molecule has 0 aromatic rings. The van der Waals surface area contributed by atoms with Crippen molar-refractivity contribution in [2.45, 2.75) is 91.4 Å². The van der Waals surface area contributed by atoms with Gasteiger partial charge in [-0.1, -0.05) is 48.0 Å². The molecule has 5 unspecified atom stereocenters. The van der Waals surface area contributed by atoms with Crippen LogP contribution in [0.5, 0.6) is 0 Å². The SMILES string of the molecule is CCC(C)C(NC(=O)C(CCC(N)=O)NC(=O)C(NC(=O)C(N)CC(C)C)C(C)C)C(=O)O. The lowest BCUT2D eigenvalue weighted by molar-refractivity contribution is -0.144. The number of carboxylic acid groups (broad SMARTS) is 1. The lowest BCUT2D eigenvalue weighted by Gasteiger charge is -2.28. The van der Waals surface area contributed by atoms with Crippen LogP contribution in [0.4, 0.5) is 0 Å². The van der Waals surface area contributed by atoms with E-state index < -0.39 is 53.8 Å². The first-order valence-corrected chi connectivity index (χ1v) is 11.4. The number of carbonyl (C=O) groups excluding carboxylic acids is 4. The third kappa shape index (κ3) is 11.1. The van der Waals surface area contributed by atoms with E-state index in [-0.39, 0.29) is 30.6 Å². The van der Waals surface area contributed by atoms with Crippen LogP contribution in [0.2, 0.25) is 0 Å². The highest BCUT2D eigenvalue weighted by Crippen LogP contribution is 2.11. The molecule has 4 amide bonds. The number of amides is 4. The zero-order valence-electron chi connectivity index (χ0n) is 20.5. The summed E-state index contributed by atoms with van der Waals surface area (Å²) < 4.78 is 0. The van der Waals surface area contributed by atoms with Gasteiger partial charge in [0, 0.05) is 6.42 Å². The number of nitrogens with two attached hydrogens (primary N) is 2. The zero-order valence-corrected chi connectivity index (χ0v) is 20.5. The molecule has 0 heterocycles. The second-order valence-corrected chi connectivity index (χ2v) is 9.24. The fourth-order valence-corrected chi connectivity index (χ4v) is 3.16. The summed E-state index contributed by atoms with van der Waals surface area (Å²) in [5, 5.41) is 17.0. The van der Waals surface area contributed by atoms with Crippen molar-refractivity contribution in [2.75, 3.05) is 0 Å². The molecule has 0 aliphatic carbocycles. The summed E-state index contributed by atoms with van der Waals surface area (Å²) in [5.74, 6) is -4.25. The van der Waals surface area contributed by atoms with Crippen LogP contribution in [-0.2, 0) is 24.0 Å². The molecule has 0 saturated heterocycles. The maximum Gasteiger partial charge on any atom is 0.326 e. The predicted molar refractivity (Wildman–Crippen MR) is 124 cm³/mol. The van der Waals surface area contributed by atoms with Gasteiger partial charge in [-0.15, -0.1) is 0 Å². The number of nitrogens with one attached hydrogen (secondary N) is 3. The lowest BCUT2D eigenvalue weighted by atomic mass is 9.98. The number of hydrogen-bond acceptors (Lipinski definition) is 6. The third-order valence-electron chi connectivity index (χ3n) is 5.40. The van der Waals surface area contributed by atoms with Crippen molar-refractivity contribution in [1.29, 1.82) is 0 Å². The van der Waals surface area contributed by atoms with Gasteiger partial charge in [0.1, 0.15) is 18.1 Å². The van der Waals surface area contributed by atoms with Crippen LogP contribution in [0.3, 0.4) is 0 Å². The summed E-state index contributed by atoms with van der Waals surface area (Å²) in [4.78, 5) is 61.0. The number of primary amides is 1. The monoisotopic (exact) mass is 471 g/mol. The molecule has 0 aromatic carbocycles. The van der Waals surface area contributed by atoms with Crippen molar-refractivity contribution in [2.24, 2.45) is 29.2 Å². The highest BCUT2D eigenvalue weighted by atomic mass is 16.4. The van der Waals surface area contributed by atoms with Crippen LogP contribution in [0, 0.1) is 17.8 Å². The first kappa shape index (κ1) is 30.3. The molecule has 0 fully saturated rings. The third-order valence-corrected chi connectivity index (χ3v) is 5.40. The Balaban J connectivity index is 5.54. The van der Waals surface area contributed by atoms with Crippen molar-refractivity contribution < 1.29 is 29.1 Å². The molecule has 190 valence electrons. The molecule has 0 rings (SSSR count). The van der Waals surface area contributed by atoms with Crippen LogP contribution in [0.25, 0.3) is 0 Å². The van der Waals surface area contributed by atoms with E-state index in [0.717, 1.165) is 0 Å². The molecule has 0 bridgehead atoms. The molecule has 0 aliphatic rings. The quantitative estimate of drug-likeness (QED) is 0.191. The molecule has 0 aliphatic heterocycles. The first-order chi connectivity index (χ1) is 15.2. The molecule has 11 heteroatoms. The van der Waals surface area contributed by atoms with Gasteiger partial charge in [0.15, 0.2) is 0 Å². The van der Waals surface area contributed by atoms with Gasteiger partial charge in [0.05, 0.1) is 6.04 Å². The molecular weight excluding hydrogens is 430 g/mol. The van der Waals surface area contributed by atoms with Crippen molar-refractivity contribution in [1.82, 2.24) is 16.0 Å². The number of carbonyl (C=O) groups is 5. The minimum Gasteiger partial charge on any atom is -0.480 e. The van der Waals surface area contributed by atoms with E-state index in [2.05, 4.69) is 16.0 Å². The fourth-order valence-electron chi connectivity index (χ4n) is 3.16. The van der Waals surface area contributed by atoms with Gasteiger partial charge in [-0.05, 0) is 30.6 Å². The van der Waals surface area contributed by atoms with E-state index in [9.17, 15) is 29.1 Å². The second kappa shape index (κ2) is 14.5. The molecule has 11 nitrogen and oxygen atoms in total. The average molecular weight is 472 g/mol. The maximum absolute atomic E-state index is 13.0. The molecule has 0 saturated carbocycles. The van der Waals surface area contributed by atoms with E-state index in [4.69, 9.17) is 11.5 Å². The second-order valence-electron chi connectivity index (χ2n) is 9.24. The molecule has 0 radical (unpaired) electrons. The molecule has 0 spiro atoms. The minimum absolute atomic E-state index is 0.120. The summed E-state index contributed by atoms with van der Waals surface area (Å²) in [5.41, 5.74) is 11.1. The number of hydrogen-bond donors (Lipinski definition) is 6. The fraction of sp³-hybridized carbons (Fsp3) is 0.773. The summed E-state index contributed by atoms with van der Waals surface area (Å²) in [6.07, 6.45) is 0.629. The van der Waals surface area contributed by atoms with Gasteiger partial charge < -0.3 is 32.5 Å². The van der Waals surface area contributed by atoms with Crippen molar-refractivity contribution in [3.63, 3.8) is 0 Å². The smallest absolute Gasteiger partial charge is 0.326 e. The molecular formula is C22H41N5O6. The maximum atomic E-state index is 13.0. The van der Waals surface area contributed by atoms with Gasteiger partial charge in [0.2, 0.25) is 23.6 Å². The van der Waals surface area contributed by atoms with E-state index in [1.807, 2.05) is 13.8 Å². The summed E-state index contributed by atoms with van der Waals surface area (Å²) >= 11 is 0. The summed E-state index contributed by atoms with van der Waals surface area (Å²) in [6.45, 7) is 10.8. The van der Waals surface area contributed by atoms with Crippen molar-refractivity contribution in [3.8, 4) is 0 Å². The molecule has 5 atom stereocenters. The Morgan fingerprint density at radius 1 is 0.848 bits per heavy atom.